The number of hydrogen-bond acceptors (Lipinski definition) is 3. The third kappa shape index (κ3) is 2.39. The van der Waals surface area contributed by atoms with Crippen molar-refractivity contribution in [2.75, 3.05) is 5.32 Å². The molecule has 3 aromatic carbocycles. The SMILES string of the molecule is Ic1ccc2ncnc(Nc3cccc4ccccc34)c2c1. The number of anilines is 2. The van der Waals surface area contributed by atoms with Gasteiger partial charge in [0, 0.05) is 20.0 Å². The van der Waals surface area contributed by atoms with Crippen molar-refractivity contribution in [2.45, 2.75) is 0 Å². The van der Waals surface area contributed by atoms with Gasteiger partial charge in [0.2, 0.25) is 0 Å². The van der Waals surface area contributed by atoms with E-state index in [4.69, 9.17) is 0 Å². The van der Waals surface area contributed by atoms with Crippen molar-refractivity contribution < 1.29 is 0 Å². The van der Waals surface area contributed by atoms with Crippen molar-refractivity contribution in [2.24, 2.45) is 0 Å². The third-order valence-corrected chi connectivity index (χ3v) is 4.31. The molecule has 4 heteroatoms. The van der Waals surface area contributed by atoms with E-state index in [0.29, 0.717) is 0 Å². The molecular formula is C18H12IN3. The number of nitrogens with zero attached hydrogens (tertiary/aromatic N) is 2. The lowest BCUT2D eigenvalue weighted by Crippen LogP contribution is -1.97. The molecule has 0 fully saturated rings. The minimum atomic E-state index is 0.833. The minimum absolute atomic E-state index is 0.833. The number of benzene rings is 3. The fraction of sp³-hybridized carbons (Fsp3) is 0. The number of nitrogens with one attached hydrogen (secondary N) is 1. The van der Waals surface area contributed by atoms with E-state index in [-0.39, 0.29) is 0 Å². The zero-order chi connectivity index (χ0) is 14.9. The monoisotopic (exact) mass is 397 g/mol. The Labute approximate surface area is 141 Å². The highest BCUT2D eigenvalue weighted by Gasteiger charge is 2.06. The Morgan fingerprint density at radius 3 is 2.64 bits per heavy atom. The van der Waals surface area contributed by atoms with Crippen molar-refractivity contribution in [1.29, 1.82) is 0 Å². The quantitative estimate of drug-likeness (QED) is 0.477. The first-order valence-electron chi connectivity index (χ1n) is 6.96. The van der Waals surface area contributed by atoms with Crippen molar-refractivity contribution in [1.82, 2.24) is 9.97 Å². The molecule has 1 heterocycles. The van der Waals surface area contributed by atoms with Crippen LogP contribution in [0.15, 0.2) is 67.0 Å². The lowest BCUT2D eigenvalue weighted by molar-refractivity contribution is 1.22. The van der Waals surface area contributed by atoms with Gasteiger partial charge in [-0.1, -0.05) is 36.4 Å². The summed E-state index contributed by atoms with van der Waals surface area (Å²) in [4.78, 5) is 8.76. The van der Waals surface area contributed by atoms with Crippen LogP contribution in [0.25, 0.3) is 21.7 Å². The zero-order valence-corrected chi connectivity index (χ0v) is 13.8. The smallest absolute Gasteiger partial charge is 0.141 e. The standard InChI is InChI=1S/C18H12IN3/c19-13-8-9-16-15(10-13)18(21-11-20-16)22-17-7-3-5-12-4-1-2-6-14(12)17/h1-11H,(H,20,21,22). The Morgan fingerprint density at radius 2 is 1.68 bits per heavy atom. The van der Waals surface area contributed by atoms with Gasteiger partial charge in [-0.2, -0.15) is 0 Å². The second-order valence-corrected chi connectivity index (χ2v) is 6.28. The molecule has 1 aromatic heterocycles. The maximum Gasteiger partial charge on any atom is 0.141 e. The molecule has 0 spiro atoms. The Hall–Kier alpha value is -2.21. The van der Waals surface area contributed by atoms with Gasteiger partial charge < -0.3 is 5.32 Å². The lowest BCUT2D eigenvalue weighted by atomic mass is 10.1. The normalized spacial score (nSPS) is 11.0. The van der Waals surface area contributed by atoms with Gasteiger partial charge in [0.25, 0.3) is 0 Å². The summed E-state index contributed by atoms with van der Waals surface area (Å²) in [6.45, 7) is 0. The van der Waals surface area contributed by atoms with Crippen molar-refractivity contribution in [3.63, 3.8) is 0 Å². The highest BCUT2D eigenvalue weighted by atomic mass is 127. The molecule has 0 saturated carbocycles. The first-order chi connectivity index (χ1) is 10.8. The van der Waals surface area contributed by atoms with Gasteiger partial charge in [0.1, 0.15) is 12.1 Å². The number of halogens is 1. The molecule has 0 saturated heterocycles. The molecule has 1 N–H and O–H groups in total. The van der Waals surface area contributed by atoms with E-state index in [1.54, 1.807) is 6.33 Å². The van der Waals surface area contributed by atoms with Crippen LogP contribution in [0.2, 0.25) is 0 Å². The Bertz CT molecular complexity index is 977. The molecule has 0 aliphatic rings. The number of hydrogen-bond donors (Lipinski definition) is 1. The molecule has 0 aliphatic heterocycles. The second-order valence-electron chi connectivity index (χ2n) is 5.04. The molecule has 4 aromatic rings. The Balaban J connectivity index is 1.88. The predicted molar refractivity (Wildman–Crippen MR) is 99.5 cm³/mol. The third-order valence-electron chi connectivity index (χ3n) is 3.64. The van der Waals surface area contributed by atoms with Gasteiger partial charge in [-0.25, -0.2) is 9.97 Å². The summed E-state index contributed by atoms with van der Waals surface area (Å²) in [7, 11) is 0. The number of rotatable bonds is 2. The van der Waals surface area contributed by atoms with Crippen molar-refractivity contribution >= 4 is 55.8 Å². The molecule has 0 amide bonds. The maximum absolute atomic E-state index is 4.42. The summed E-state index contributed by atoms with van der Waals surface area (Å²) < 4.78 is 1.17. The molecule has 106 valence electrons. The molecule has 4 rings (SSSR count). The lowest BCUT2D eigenvalue weighted by Gasteiger charge is -2.11. The summed E-state index contributed by atoms with van der Waals surface area (Å²) in [6.07, 6.45) is 1.60. The van der Waals surface area contributed by atoms with Crippen LogP contribution in [0.1, 0.15) is 0 Å². The van der Waals surface area contributed by atoms with Crippen LogP contribution in [0, 0.1) is 3.57 Å². The van der Waals surface area contributed by atoms with Crippen LogP contribution >= 0.6 is 22.6 Å². The largest absolute Gasteiger partial charge is 0.339 e. The van der Waals surface area contributed by atoms with Crippen LogP contribution in [0.4, 0.5) is 11.5 Å². The van der Waals surface area contributed by atoms with E-state index < -0.39 is 0 Å². The van der Waals surface area contributed by atoms with E-state index in [9.17, 15) is 0 Å². The number of fused-ring (bicyclic) bond motifs is 2. The van der Waals surface area contributed by atoms with E-state index in [0.717, 1.165) is 22.4 Å². The highest BCUT2D eigenvalue weighted by Crippen LogP contribution is 2.29. The summed E-state index contributed by atoms with van der Waals surface area (Å²) in [6, 6.07) is 20.7. The molecule has 0 atom stereocenters. The summed E-state index contributed by atoms with van der Waals surface area (Å²) >= 11 is 2.31. The van der Waals surface area contributed by atoms with E-state index in [1.807, 2.05) is 6.07 Å². The molecule has 0 bridgehead atoms. The minimum Gasteiger partial charge on any atom is -0.339 e. The maximum atomic E-state index is 4.42. The molecular weight excluding hydrogens is 385 g/mol. The molecule has 22 heavy (non-hydrogen) atoms. The van der Waals surface area contributed by atoms with Crippen LogP contribution in [-0.2, 0) is 0 Å². The van der Waals surface area contributed by atoms with Gasteiger partial charge in [0.05, 0.1) is 5.52 Å². The van der Waals surface area contributed by atoms with E-state index in [2.05, 4.69) is 92.5 Å². The molecule has 0 aliphatic carbocycles. The molecule has 3 nitrogen and oxygen atoms in total. The highest BCUT2D eigenvalue weighted by molar-refractivity contribution is 14.1. The second kappa shape index (κ2) is 5.53. The van der Waals surface area contributed by atoms with Gasteiger partial charge in [-0.05, 0) is 52.2 Å². The van der Waals surface area contributed by atoms with E-state index >= 15 is 0 Å². The van der Waals surface area contributed by atoms with E-state index in [1.165, 1.54) is 14.3 Å². The van der Waals surface area contributed by atoms with Crippen LogP contribution in [0.3, 0.4) is 0 Å². The predicted octanol–water partition coefficient (Wildman–Crippen LogP) is 5.13. The van der Waals surface area contributed by atoms with Gasteiger partial charge in [0.15, 0.2) is 0 Å². The van der Waals surface area contributed by atoms with Gasteiger partial charge >= 0.3 is 0 Å². The van der Waals surface area contributed by atoms with Crippen LogP contribution < -0.4 is 5.32 Å². The van der Waals surface area contributed by atoms with Crippen LogP contribution in [0.5, 0.6) is 0 Å². The van der Waals surface area contributed by atoms with Gasteiger partial charge in [-0.15, -0.1) is 0 Å². The summed E-state index contributed by atoms with van der Waals surface area (Å²) in [5.74, 6) is 0.833. The number of aromatic nitrogens is 2. The van der Waals surface area contributed by atoms with Crippen molar-refractivity contribution in [3.05, 3.63) is 70.6 Å². The Kier molecular flexibility index (Phi) is 3.38. The zero-order valence-electron chi connectivity index (χ0n) is 11.6. The first kappa shape index (κ1) is 13.5. The summed E-state index contributed by atoms with van der Waals surface area (Å²) in [5, 5.41) is 6.88. The topological polar surface area (TPSA) is 37.8 Å². The fourth-order valence-electron chi connectivity index (χ4n) is 2.59. The fourth-order valence-corrected chi connectivity index (χ4v) is 3.08. The van der Waals surface area contributed by atoms with Crippen molar-refractivity contribution in [3.8, 4) is 0 Å². The van der Waals surface area contributed by atoms with Gasteiger partial charge in [-0.3, -0.25) is 0 Å². The van der Waals surface area contributed by atoms with Crippen LogP contribution in [-0.4, -0.2) is 9.97 Å². The first-order valence-corrected chi connectivity index (χ1v) is 8.04. The molecule has 0 unspecified atom stereocenters. The molecule has 0 radical (unpaired) electrons. The Morgan fingerprint density at radius 1 is 0.818 bits per heavy atom. The average Bonchev–Trinajstić information content (AvgIpc) is 2.56. The summed E-state index contributed by atoms with van der Waals surface area (Å²) in [5.41, 5.74) is 2.00. The average molecular weight is 397 g/mol.